The SMILES string of the molecule is CCCCCC/C=C\CCCCCCCCC(O)C(=O)NC(COC1OC(CO)C(O)C(O)C1O)C(O)/C=C/CC/C=C/CCCCCCCCC. The maximum atomic E-state index is 13.0. The van der Waals surface area contributed by atoms with Gasteiger partial charge in [-0.2, -0.15) is 0 Å². The number of rotatable bonds is 33. The van der Waals surface area contributed by atoms with Gasteiger partial charge in [0.25, 0.3) is 0 Å². The number of carbonyl (C=O) groups excluding carboxylic acids is 1. The predicted molar refractivity (Wildman–Crippen MR) is 209 cm³/mol. The number of allylic oxidation sites excluding steroid dienone is 5. The van der Waals surface area contributed by atoms with E-state index in [9.17, 15) is 35.4 Å². The molecule has 1 fully saturated rings. The highest BCUT2D eigenvalue weighted by Crippen LogP contribution is 2.22. The lowest BCUT2D eigenvalue weighted by Gasteiger charge is -2.40. The van der Waals surface area contributed by atoms with Gasteiger partial charge >= 0.3 is 0 Å². The molecule has 0 bridgehead atoms. The average Bonchev–Trinajstić information content (AvgIpc) is 3.14. The largest absolute Gasteiger partial charge is 0.394 e. The lowest BCUT2D eigenvalue weighted by atomic mass is 9.99. The molecular formula is C42H77NO9. The molecule has 52 heavy (non-hydrogen) atoms. The van der Waals surface area contributed by atoms with E-state index in [0.29, 0.717) is 19.3 Å². The van der Waals surface area contributed by atoms with Crippen molar-refractivity contribution in [3.8, 4) is 0 Å². The monoisotopic (exact) mass is 740 g/mol. The van der Waals surface area contributed by atoms with Crippen LogP contribution in [0.25, 0.3) is 0 Å². The Labute approximate surface area is 315 Å². The first-order valence-electron chi connectivity index (χ1n) is 20.8. The zero-order valence-corrected chi connectivity index (χ0v) is 32.7. The van der Waals surface area contributed by atoms with Crippen LogP contribution < -0.4 is 5.32 Å². The van der Waals surface area contributed by atoms with Gasteiger partial charge in [0.05, 0.1) is 25.4 Å². The minimum absolute atomic E-state index is 0.296. The molecule has 1 amide bonds. The summed E-state index contributed by atoms with van der Waals surface area (Å²) < 4.78 is 11.1. The topological polar surface area (TPSA) is 169 Å². The number of aliphatic hydroxyl groups excluding tert-OH is 6. The molecule has 10 nitrogen and oxygen atoms in total. The average molecular weight is 740 g/mol. The Balaban J connectivity index is 2.52. The molecule has 0 radical (unpaired) electrons. The number of carbonyl (C=O) groups is 1. The van der Waals surface area contributed by atoms with Gasteiger partial charge in [-0.1, -0.05) is 140 Å². The van der Waals surface area contributed by atoms with Crippen LogP contribution in [-0.4, -0.2) is 98.7 Å². The van der Waals surface area contributed by atoms with Gasteiger partial charge in [0, 0.05) is 0 Å². The second-order valence-corrected chi connectivity index (χ2v) is 14.6. The molecular weight excluding hydrogens is 662 g/mol. The molecule has 0 aromatic rings. The number of hydrogen-bond donors (Lipinski definition) is 7. The minimum atomic E-state index is -1.61. The second kappa shape index (κ2) is 32.8. The number of hydrogen-bond acceptors (Lipinski definition) is 9. The highest BCUT2D eigenvalue weighted by Gasteiger charge is 2.44. The Hall–Kier alpha value is -1.63. The molecule has 1 aliphatic rings. The van der Waals surface area contributed by atoms with E-state index in [0.717, 1.165) is 38.5 Å². The summed E-state index contributed by atoms with van der Waals surface area (Å²) in [6.45, 7) is 3.53. The standard InChI is InChI=1S/C42H77NO9/c1-3-5-7-9-11-13-15-17-19-21-23-25-27-29-31-36(46)41(50)43-34(33-51-42-40(49)39(48)38(47)37(32-44)52-42)35(45)30-28-26-24-22-20-18-16-14-12-10-8-6-4-2/h13,15,20,22,28,30,34-40,42,44-49H,3-12,14,16-19,21,23-27,29,31-33H2,1-2H3,(H,43,50)/b15-13-,22-20+,30-28+. The van der Waals surface area contributed by atoms with Crippen molar-refractivity contribution in [1.82, 2.24) is 5.32 Å². The van der Waals surface area contributed by atoms with Gasteiger partial charge in [0.2, 0.25) is 5.91 Å². The lowest BCUT2D eigenvalue weighted by molar-refractivity contribution is -0.302. The first-order valence-corrected chi connectivity index (χ1v) is 20.8. The second-order valence-electron chi connectivity index (χ2n) is 14.6. The van der Waals surface area contributed by atoms with Crippen molar-refractivity contribution in [2.75, 3.05) is 13.2 Å². The number of nitrogens with one attached hydrogen (secondary N) is 1. The molecule has 304 valence electrons. The summed E-state index contributed by atoms with van der Waals surface area (Å²) in [5.41, 5.74) is 0. The quantitative estimate of drug-likeness (QED) is 0.0287. The van der Waals surface area contributed by atoms with Crippen molar-refractivity contribution in [2.24, 2.45) is 0 Å². The number of unbranched alkanes of at least 4 members (excludes halogenated alkanes) is 18. The van der Waals surface area contributed by atoms with Crippen LogP contribution in [0.3, 0.4) is 0 Å². The van der Waals surface area contributed by atoms with Gasteiger partial charge in [-0.25, -0.2) is 0 Å². The lowest BCUT2D eigenvalue weighted by Crippen LogP contribution is -2.60. The molecule has 0 aromatic carbocycles. The normalized spacial score (nSPS) is 22.8. The smallest absolute Gasteiger partial charge is 0.249 e. The summed E-state index contributed by atoms with van der Waals surface area (Å²) in [7, 11) is 0. The van der Waals surface area contributed by atoms with Gasteiger partial charge in [0.15, 0.2) is 6.29 Å². The number of amides is 1. The van der Waals surface area contributed by atoms with Crippen LogP contribution in [0.2, 0.25) is 0 Å². The molecule has 8 unspecified atom stereocenters. The maximum absolute atomic E-state index is 13.0. The number of ether oxygens (including phenoxy) is 2. The van der Waals surface area contributed by atoms with Crippen LogP contribution in [-0.2, 0) is 14.3 Å². The van der Waals surface area contributed by atoms with Crippen LogP contribution >= 0.6 is 0 Å². The highest BCUT2D eigenvalue weighted by molar-refractivity contribution is 5.80. The van der Waals surface area contributed by atoms with Crippen LogP contribution in [0.15, 0.2) is 36.5 Å². The van der Waals surface area contributed by atoms with Gasteiger partial charge < -0.3 is 45.4 Å². The Morgan fingerprint density at radius 2 is 1.13 bits per heavy atom. The van der Waals surface area contributed by atoms with E-state index >= 15 is 0 Å². The van der Waals surface area contributed by atoms with Crippen LogP contribution in [0.5, 0.6) is 0 Å². The van der Waals surface area contributed by atoms with Crippen molar-refractivity contribution in [2.45, 2.75) is 210 Å². The molecule has 0 saturated carbocycles. The molecule has 10 heteroatoms. The third-order valence-electron chi connectivity index (χ3n) is 9.79. The van der Waals surface area contributed by atoms with E-state index in [1.807, 2.05) is 6.08 Å². The molecule has 0 aliphatic carbocycles. The first-order chi connectivity index (χ1) is 25.3. The molecule has 0 spiro atoms. The molecule has 8 atom stereocenters. The van der Waals surface area contributed by atoms with Crippen LogP contribution in [0.1, 0.15) is 162 Å². The van der Waals surface area contributed by atoms with Gasteiger partial charge in [-0.05, 0) is 57.8 Å². The van der Waals surface area contributed by atoms with Crippen LogP contribution in [0, 0.1) is 0 Å². The van der Waals surface area contributed by atoms with Crippen molar-refractivity contribution < 1.29 is 44.9 Å². The van der Waals surface area contributed by atoms with Gasteiger partial charge in [-0.15, -0.1) is 0 Å². The van der Waals surface area contributed by atoms with E-state index in [-0.39, 0.29) is 6.61 Å². The third-order valence-corrected chi connectivity index (χ3v) is 9.79. The van der Waals surface area contributed by atoms with Gasteiger partial charge in [0.1, 0.15) is 30.5 Å². The Bertz CT molecular complexity index is 927. The molecule has 1 heterocycles. The van der Waals surface area contributed by atoms with Crippen molar-refractivity contribution in [1.29, 1.82) is 0 Å². The number of aliphatic hydroxyl groups is 6. The Kier molecular flexibility index (Phi) is 30.5. The molecule has 1 rings (SSSR count). The third kappa shape index (κ3) is 23.2. The zero-order valence-electron chi connectivity index (χ0n) is 32.7. The van der Waals surface area contributed by atoms with Crippen LogP contribution in [0.4, 0.5) is 0 Å². The zero-order chi connectivity index (χ0) is 38.2. The summed E-state index contributed by atoms with van der Waals surface area (Å²) in [4.78, 5) is 13.0. The van der Waals surface area contributed by atoms with E-state index in [2.05, 4.69) is 43.5 Å². The maximum Gasteiger partial charge on any atom is 0.249 e. The molecule has 0 aromatic heterocycles. The van der Waals surface area contributed by atoms with E-state index < -0.39 is 61.5 Å². The summed E-state index contributed by atoms with van der Waals surface area (Å²) in [6, 6.07) is -0.996. The van der Waals surface area contributed by atoms with E-state index in [1.54, 1.807) is 6.08 Å². The van der Waals surface area contributed by atoms with Crippen molar-refractivity contribution >= 4 is 5.91 Å². The Morgan fingerprint density at radius 3 is 1.69 bits per heavy atom. The van der Waals surface area contributed by atoms with Gasteiger partial charge in [-0.3, -0.25) is 4.79 Å². The molecule has 1 saturated heterocycles. The summed E-state index contributed by atoms with van der Waals surface area (Å²) in [5, 5.41) is 64.4. The predicted octanol–water partition coefficient (Wildman–Crippen LogP) is 6.69. The summed E-state index contributed by atoms with van der Waals surface area (Å²) in [6.07, 6.45) is 28.0. The van der Waals surface area contributed by atoms with E-state index in [1.165, 1.54) is 89.9 Å². The van der Waals surface area contributed by atoms with Crippen molar-refractivity contribution in [3.63, 3.8) is 0 Å². The fraction of sp³-hybridized carbons (Fsp3) is 0.833. The molecule has 7 N–H and O–H groups in total. The minimum Gasteiger partial charge on any atom is -0.394 e. The Morgan fingerprint density at radius 1 is 0.654 bits per heavy atom. The first kappa shape index (κ1) is 48.4. The van der Waals surface area contributed by atoms with Crippen molar-refractivity contribution in [3.05, 3.63) is 36.5 Å². The molecule has 1 aliphatic heterocycles. The van der Waals surface area contributed by atoms with E-state index in [4.69, 9.17) is 9.47 Å². The summed E-state index contributed by atoms with van der Waals surface area (Å²) >= 11 is 0. The summed E-state index contributed by atoms with van der Waals surface area (Å²) in [5.74, 6) is -0.635. The highest BCUT2D eigenvalue weighted by atomic mass is 16.7. The fourth-order valence-electron chi connectivity index (χ4n) is 6.29. The fourth-order valence-corrected chi connectivity index (χ4v) is 6.29.